The van der Waals surface area contributed by atoms with Gasteiger partial charge >= 0.3 is 0 Å². The second-order valence-corrected chi connectivity index (χ2v) is 8.49. The molecule has 0 aromatic heterocycles. The van der Waals surface area contributed by atoms with E-state index < -0.39 is 5.60 Å². The Kier molecular flexibility index (Phi) is 3.26. The van der Waals surface area contributed by atoms with Crippen LogP contribution >= 0.6 is 0 Å². The lowest BCUT2D eigenvalue weighted by atomic mass is 9.59. The van der Waals surface area contributed by atoms with E-state index in [4.69, 9.17) is 5.73 Å². The summed E-state index contributed by atoms with van der Waals surface area (Å²) in [5, 5.41) is 11.5. The average molecular weight is 265 g/mol. The molecule has 0 aliphatic heterocycles. The van der Waals surface area contributed by atoms with Crippen molar-refractivity contribution in [1.82, 2.24) is 0 Å². The Hall–Kier alpha value is -0.0800. The molecule has 0 spiro atoms. The smallest absolute Gasteiger partial charge is 0.0718 e. The van der Waals surface area contributed by atoms with Gasteiger partial charge in [0.1, 0.15) is 0 Å². The van der Waals surface area contributed by atoms with Gasteiger partial charge in [-0.2, -0.15) is 0 Å². The van der Waals surface area contributed by atoms with Gasteiger partial charge in [-0.3, -0.25) is 0 Å². The van der Waals surface area contributed by atoms with Crippen molar-refractivity contribution in [2.75, 3.05) is 6.54 Å². The van der Waals surface area contributed by atoms with Crippen molar-refractivity contribution >= 4 is 0 Å². The maximum Gasteiger partial charge on any atom is 0.0718 e. The molecule has 3 saturated carbocycles. The van der Waals surface area contributed by atoms with Gasteiger partial charge in [0, 0.05) is 12.0 Å². The molecular formula is C17H31NO. The summed E-state index contributed by atoms with van der Waals surface area (Å²) in [4.78, 5) is 0. The molecule has 3 N–H and O–H groups in total. The third-order valence-corrected chi connectivity index (χ3v) is 6.93. The molecule has 3 rings (SSSR count). The van der Waals surface area contributed by atoms with Gasteiger partial charge in [-0.1, -0.05) is 26.7 Å². The molecule has 0 amide bonds. The van der Waals surface area contributed by atoms with Gasteiger partial charge in [-0.15, -0.1) is 0 Å². The van der Waals surface area contributed by atoms with E-state index in [1.807, 2.05) is 0 Å². The minimum atomic E-state index is -0.477. The molecule has 4 unspecified atom stereocenters. The first-order valence-electron chi connectivity index (χ1n) is 8.33. The number of hydrogen-bond donors (Lipinski definition) is 2. The average Bonchev–Trinajstić information content (AvgIpc) is 2.93. The lowest BCUT2D eigenvalue weighted by molar-refractivity contribution is -0.120. The zero-order valence-corrected chi connectivity index (χ0v) is 12.8. The summed E-state index contributed by atoms with van der Waals surface area (Å²) in [6, 6.07) is 0. The molecule has 2 nitrogen and oxygen atoms in total. The zero-order valence-electron chi connectivity index (χ0n) is 12.8. The predicted molar refractivity (Wildman–Crippen MR) is 78.8 cm³/mol. The highest BCUT2D eigenvalue weighted by Crippen LogP contribution is 2.62. The van der Waals surface area contributed by atoms with Crippen LogP contribution in [0, 0.1) is 22.7 Å². The van der Waals surface area contributed by atoms with Crippen LogP contribution in [-0.4, -0.2) is 17.3 Å². The topological polar surface area (TPSA) is 46.2 Å². The molecule has 19 heavy (non-hydrogen) atoms. The molecule has 0 aromatic carbocycles. The third kappa shape index (κ3) is 2.06. The minimum Gasteiger partial charge on any atom is -0.389 e. The van der Waals surface area contributed by atoms with Crippen molar-refractivity contribution in [3.8, 4) is 0 Å². The van der Waals surface area contributed by atoms with E-state index in [0.717, 1.165) is 25.2 Å². The lowest BCUT2D eigenvalue weighted by Crippen LogP contribution is -2.55. The SMILES string of the molecule is CC1(C)CCCC(O)(C2(CN)CC3CCC2C3)CC1. The summed E-state index contributed by atoms with van der Waals surface area (Å²) < 4.78 is 0. The molecule has 0 radical (unpaired) electrons. The first kappa shape index (κ1) is 13.9. The Morgan fingerprint density at radius 2 is 1.89 bits per heavy atom. The van der Waals surface area contributed by atoms with Gasteiger partial charge < -0.3 is 10.8 Å². The van der Waals surface area contributed by atoms with Gasteiger partial charge in [0.2, 0.25) is 0 Å². The van der Waals surface area contributed by atoms with Crippen molar-refractivity contribution in [3.05, 3.63) is 0 Å². The van der Waals surface area contributed by atoms with Gasteiger partial charge in [0.05, 0.1) is 5.60 Å². The van der Waals surface area contributed by atoms with Crippen LogP contribution in [0.15, 0.2) is 0 Å². The summed E-state index contributed by atoms with van der Waals surface area (Å²) >= 11 is 0. The van der Waals surface area contributed by atoms with Crippen molar-refractivity contribution in [1.29, 1.82) is 0 Å². The largest absolute Gasteiger partial charge is 0.389 e. The van der Waals surface area contributed by atoms with Crippen LogP contribution in [0.4, 0.5) is 0 Å². The van der Waals surface area contributed by atoms with E-state index in [1.165, 1.54) is 38.5 Å². The highest BCUT2D eigenvalue weighted by Gasteiger charge is 2.60. The summed E-state index contributed by atoms with van der Waals surface area (Å²) in [6.45, 7) is 5.41. The fraction of sp³-hybridized carbons (Fsp3) is 1.00. The van der Waals surface area contributed by atoms with Crippen LogP contribution < -0.4 is 5.73 Å². The van der Waals surface area contributed by atoms with Crippen LogP contribution in [0.3, 0.4) is 0 Å². The predicted octanol–water partition coefficient (Wildman–Crippen LogP) is 3.47. The number of hydrogen-bond acceptors (Lipinski definition) is 2. The molecule has 0 aromatic rings. The Morgan fingerprint density at radius 1 is 1.11 bits per heavy atom. The summed E-state index contributed by atoms with van der Waals surface area (Å²) in [7, 11) is 0. The van der Waals surface area contributed by atoms with E-state index in [9.17, 15) is 5.11 Å². The molecule has 3 aliphatic carbocycles. The second kappa shape index (κ2) is 4.46. The normalized spacial score (nSPS) is 49.3. The first-order chi connectivity index (χ1) is 8.91. The van der Waals surface area contributed by atoms with Crippen LogP contribution in [0.1, 0.15) is 71.6 Å². The molecule has 3 fully saturated rings. The number of fused-ring (bicyclic) bond motifs is 2. The van der Waals surface area contributed by atoms with Crippen molar-refractivity contribution in [3.63, 3.8) is 0 Å². The monoisotopic (exact) mass is 265 g/mol. The highest BCUT2D eigenvalue weighted by atomic mass is 16.3. The molecule has 2 bridgehead atoms. The van der Waals surface area contributed by atoms with E-state index in [1.54, 1.807) is 0 Å². The van der Waals surface area contributed by atoms with Crippen LogP contribution in [-0.2, 0) is 0 Å². The molecule has 2 heteroatoms. The number of nitrogens with two attached hydrogens (primary N) is 1. The minimum absolute atomic E-state index is 0.0519. The zero-order chi connectivity index (χ0) is 13.7. The summed E-state index contributed by atoms with van der Waals surface area (Å²) in [5.41, 5.74) is 6.21. The standard InChI is InChI=1S/C17H31NO/c1-15(2)6-3-7-17(19,9-8-15)16(12-18)11-13-4-5-14(16)10-13/h13-14,19H,3-12,18H2,1-2H3. The third-order valence-electron chi connectivity index (χ3n) is 6.93. The van der Waals surface area contributed by atoms with Crippen LogP contribution in [0.25, 0.3) is 0 Å². The number of aliphatic hydroxyl groups is 1. The molecular weight excluding hydrogens is 234 g/mol. The lowest BCUT2D eigenvalue weighted by Gasteiger charge is -2.50. The van der Waals surface area contributed by atoms with Crippen molar-refractivity contribution < 1.29 is 5.11 Å². The maximum absolute atomic E-state index is 11.5. The van der Waals surface area contributed by atoms with Gasteiger partial charge in [-0.25, -0.2) is 0 Å². The fourth-order valence-corrected chi connectivity index (χ4v) is 5.61. The van der Waals surface area contributed by atoms with E-state index in [0.29, 0.717) is 17.9 Å². The van der Waals surface area contributed by atoms with Gasteiger partial charge in [0.15, 0.2) is 0 Å². The quantitative estimate of drug-likeness (QED) is 0.751. The Balaban J connectivity index is 1.86. The summed E-state index contributed by atoms with van der Waals surface area (Å²) in [6.07, 6.45) is 10.8. The van der Waals surface area contributed by atoms with Crippen LogP contribution in [0.2, 0.25) is 0 Å². The van der Waals surface area contributed by atoms with E-state index in [-0.39, 0.29) is 5.41 Å². The Bertz CT molecular complexity index is 353. The van der Waals surface area contributed by atoms with Crippen molar-refractivity contribution in [2.45, 2.75) is 77.2 Å². The van der Waals surface area contributed by atoms with Gasteiger partial charge in [-0.05, 0) is 62.2 Å². The first-order valence-corrected chi connectivity index (χ1v) is 8.33. The molecule has 3 aliphatic rings. The van der Waals surface area contributed by atoms with E-state index >= 15 is 0 Å². The molecule has 4 atom stereocenters. The van der Waals surface area contributed by atoms with Crippen molar-refractivity contribution in [2.24, 2.45) is 28.4 Å². The second-order valence-electron chi connectivity index (χ2n) is 8.49. The van der Waals surface area contributed by atoms with E-state index in [2.05, 4.69) is 13.8 Å². The van der Waals surface area contributed by atoms with Gasteiger partial charge in [0.25, 0.3) is 0 Å². The highest BCUT2D eigenvalue weighted by molar-refractivity contribution is 5.11. The molecule has 110 valence electrons. The van der Waals surface area contributed by atoms with Crippen LogP contribution in [0.5, 0.6) is 0 Å². The Morgan fingerprint density at radius 3 is 2.47 bits per heavy atom. The number of rotatable bonds is 2. The Labute approximate surface area is 118 Å². The molecule has 0 saturated heterocycles. The molecule has 0 heterocycles. The maximum atomic E-state index is 11.5. The summed E-state index contributed by atoms with van der Waals surface area (Å²) in [5.74, 6) is 1.56. The fourth-order valence-electron chi connectivity index (χ4n) is 5.61.